The number of aryl methyl sites for hydroxylation is 2. The fourth-order valence-electron chi connectivity index (χ4n) is 5.53. The average molecular weight is 604 g/mol. The van der Waals surface area contributed by atoms with Crippen molar-refractivity contribution >= 4 is 11.3 Å². The number of nitrogens with one attached hydrogen (secondary N) is 1. The molecule has 222 valence electrons. The maximum Gasteiger partial charge on any atom is 0.439 e. The van der Waals surface area contributed by atoms with Crippen molar-refractivity contribution in [1.29, 1.82) is 0 Å². The monoisotopic (exact) mass is 603 g/mol. The summed E-state index contributed by atoms with van der Waals surface area (Å²) in [6.07, 6.45) is 3.21. The summed E-state index contributed by atoms with van der Waals surface area (Å²) < 4.78 is 6.52. The third-order valence-corrected chi connectivity index (χ3v) is 8.77. The highest BCUT2D eigenvalue weighted by molar-refractivity contribution is 7.13. The van der Waals surface area contributed by atoms with Crippen LogP contribution >= 0.6 is 11.3 Å². The molecule has 0 aliphatic heterocycles. The van der Waals surface area contributed by atoms with Gasteiger partial charge in [0.05, 0.1) is 17.4 Å². The zero-order chi connectivity index (χ0) is 30.6. The third kappa shape index (κ3) is 5.96. The number of thiazole rings is 1. The average Bonchev–Trinajstić information content (AvgIpc) is 3.72. The van der Waals surface area contributed by atoms with Crippen molar-refractivity contribution in [3.05, 3.63) is 133 Å². The molecule has 1 N–H and O–H groups in total. The number of benzene rings is 3. The van der Waals surface area contributed by atoms with Crippen LogP contribution in [0.4, 0.5) is 0 Å². The normalized spacial score (nSPS) is 12.0. The first-order chi connectivity index (χ1) is 21.4. The number of nitrogens with zero attached hydrogens (tertiary/aromatic N) is 4. The first-order valence-electron chi connectivity index (χ1n) is 14.8. The Labute approximate surface area is 259 Å². The van der Waals surface area contributed by atoms with Gasteiger partial charge in [0.1, 0.15) is 10.8 Å². The number of hydrogen-bond donors (Lipinski definition) is 1. The van der Waals surface area contributed by atoms with E-state index >= 15 is 0 Å². The molecule has 9 heteroatoms. The van der Waals surface area contributed by atoms with Crippen molar-refractivity contribution in [2.24, 2.45) is 0 Å². The van der Waals surface area contributed by atoms with Crippen LogP contribution in [0.1, 0.15) is 61.1 Å². The standard InChI is InChI=1S/C35H33N5O3S/c1-4-5-15-30-29(20-24-16-18-25(19-17-24)27-13-9-10-14-28(27)32-38-35(42)43-39-32)34(41)40(23(3)36-30)22(2)31-21-44-33(37-31)26-11-7-6-8-12-26/h6-14,16-19,21-22H,4-5,15,20H2,1-3H3,(H,38,39,42)/t22-/m0/s1. The maximum absolute atomic E-state index is 14.2. The fraction of sp³-hybridized carbons (Fsp3) is 0.229. The Kier molecular flexibility index (Phi) is 8.47. The molecular weight excluding hydrogens is 570 g/mol. The smallest absolute Gasteiger partial charge is 0.296 e. The first kappa shape index (κ1) is 29.2. The molecule has 3 aromatic carbocycles. The van der Waals surface area contributed by atoms with Crippen LogP contribution < -0.4 is 11.3 Å². The van der Waals surface area contributed by atoms with E-state index in [2.05, 4.69) is 17.1 Å². The van der Waals surface area contributed by atoms with E-state index in [1.54, 1.807) is 15.9 Å². The van der Waals surface area contributed by atoms with Crippen molar-refractivity contribution in [3.8, 4) is 33.1 Å². The lowest BCUT2D eigenvalue weighted by molar-refractivity contribution is 0.388. The Hall–Kier alpha value is -4.89. The summed E-state index contributed by atoms with van der Waals surface area (Å²) >= 11 is 1.59. The van der Waals surface area contributed by atoms with Gasteiger partial charge in [-0.25, -0.2) is 14.8 Å². The second-order valence-corrected chi connectivity index (χ2v) is 11.7. The minimum Gasteiger partial charge on any atom is -0.296 e. The van der Waals surface area contributed by atoms with Gasteiger partial charge in [0.15, 0.2) is 5.82 Å². The van der Waals surface area contributed by atoms with E-state index in [9.17, 15) is 9.59 Å². The first-order valence-corrected chi connectivity index (χ1v) is 15.7. The fourth-order valence-corrected chi connectivity index (χ4v) is 6.45. The van der Waals surface area contributed by atoms with Crippen LogP contribution in [0.2, 0.25) is 0 Å². The zero-order valence-electron chi connectivity index (χ0n) is 24.9. The Morgan fingerprint density at radius 1 is 0.909 bits per heavy atom. The molecule has 0 aliphatic rings. The minimum absolute atomic E-state index is 0.0187. The molecule has 6 rings (SSSR count). The van der Waals surface area contributed by atoms with Crippen LogP contribution in [-0.4, -0.2) is 24.7 Å². The predicted molar refractivity (Wildman–Crippen MR) is 174 cm³/mol. The molecule has 3 heterocycles. The topological polar surface area (TPSA) is 107 Å². The number of aromatic nitrogens is 5. The highest BCUT2D eigenvalue weighted by Crippen LogP contribution is 2.31. The molecule has 8 nitrogen and oxygen atoms in total. The Balaban J connectivity index is 1.33. The maximum atomic E-state index is 14.2. The summed E-state index contributed by atoms with van der Waals surface area (Å²) in [6, 6.07) is 25.7. The van der Waals surface area contributed by atoms with Gasteiger partial charge >= 0.3 is 5.76 Å². The highest BCUT2D eigenvalue weighted by atomic mass is 32.1. The van der Waals surface area contributed by atoms with Crippen LogP contribution in [0.25, 0.3) is 33.1 Å². The van der Waals surface area contributed by atoms with Crippen molar-refractivity contribution in [3.63, 3.8) is 0 Å². The molecule has 0 bridgehead atoms. The Morgan fingerprint density at radius 2 is 1.64 bits per heavy atom. The lowest BCUT2D eigenvalue weighted by atomic mass is 9.96. The molecule has 0 amide bonds. The van der Waals surface area contributed by atoms with Crippen molar-refractivity contribution in [2.75, 3.05) is 0 Å². The number of H-pyrrole nitrogens is 1. The van der Waals surface area contributed by atoms with Gasteiger partial charge in [-0.2, -0.15) is 0 Å². The highest BCUT2D eigenvalue weighted by Gasteiger charge is 2.21. The van der Waals surface area contributed by atoms with Gasteiger partial charge in [-0.15, -0.1) is 11.3 Å². The van der Waals surface area contributed by atoms with Crippen LogP contribution in [0.3, 0.4) is 0 Å². The number of unbranched alkanes of at least 4 members (excludes halogenated alkanes) is 1. The van der Waals surface area contributed by atoms with Gasteiger partial charge in [0.2, 0.25) is 0 Å². The van der Waals surface area contributed by atoms with Gasteiger partial charge in [0, 0.05) is 28.5 Å². The minimum atomic E-state index is -0.595. The van der Waals surface area contributed by atoms with E-state index in [0.29, 0.717) is 18.1 Å². The molecule has 0 saturated heterocycles. The van der Waals surface area contributed by atoms with Gasteiger partial charge in [-0.05, 0) is 43.4 Å². The Morgan fingerprint density at radius 3 is 2.34 bits per heavy atom. The Bertz CT molecular complexity index is 2010. The van der Waals surface area contributed by atoms with Crippen LogP contribution in [0, 0.1) is 6.92 Å². The SMILES string of the molecule is CCCCc1nc(C)n([C@@H](C)c2csc(-c3ccccc3)n2)c(=O)c1Cc1ccc(-c2ccccc2-c2noc(=O)[nH]2)cc1. The summed E-state index contributed by atoms with van der Waals surface area (Å²) in [6.45, 7) is 6.08. The van der Waals surface area contributed by atoms with E-state index in [1.807, 2.05) is 98.1 Å². The molecule has 0 saturated carbocycles. The third-order valence-electron chi connectivity index (χ3n) is 7.86. The quantitative estimate of drug-likeness (QED) is 0.177. The van der Waals surface area contributed by atoms with Gasteiger partial charge < -0.3 is 0 Å². The van der Waals surface area contributed by atoms with E-state index in [4.69, 9.17) is 14.5 Å². The van der Waals surface area contributed by atoms with E-state index in [1.165, 1.54) is 0 Å². The lowest BCUT2D eigenvalue weighted by Gasteiger charge is -2.20. The van der Waals surface area contributed by atoms with Crippen LogP contribution in [0.5, 0.6) is 0 Å². The number of aromatic amines is 1. The largest absolute Gasteiger partial charge is 0.439 e. The van der Waals surface area contributed by atoms with Gasteiger partial charge in [-0.3, -0.25) is 18.9 Å². The van der Waals surface area contributed by atoms with Gasteiger partial charge in [-0.1, -0.05) is 97.4 Å². The second-order valence-electron chi connectivity index (χ2n) is 10.8. The van der Waals surface area contributed by atoms with E-state index in [-0.39, 0.29) is 11.6 Å². The summed E-state index contributed by atoms with van der Waals surface area (Å²) in [7, 11) is 0. The molecular formula is C35H33N5O3S. The molecule has 1 atom stereocenters. The molecule has 0 unspecified atom stereocenters. The number of hydrogen-bond acceptors (Lipinski definition) is 7. The second kappa shape index (κ2) is 12.8. The summed E-state index contributed by atoms with van der Waals surface area (Å²) in [5.41, 5.74) is 7.15. The predicted octanol–water partition coefficient (Wildman–Crippen LogP) is 7.23. The van der Waals surface area contributed by atoms with Crippen molar-refractivity contribution in [1.82, 2.24) is 24.7 Å². The van der Waals surface area contributed by atoms with Crippen molar-refractivity contribution < 1.29 is 4.52 Å². The van der Waals surface area contributed by atoms with Crippen LogP contribution in [-0.2, 0) is 12.8 Å². The summed E-state index contributed by atoms with van der Waals surface area (Å²) in [5.74, 6) is 0.484. The van der Waals surface area contributed by atoms with Crippen molar-refractivity contribution in [2.45, 2.75) is 52.5 Å². The molecule has 0 radical (unpaired) electrons. The van der Waals surface area contributed by atoms with E-state index in [0.717, 1.165) is 69.0 Å². The molecule has 0 fully saturated rings. The molecule has 0 spiro atoms. The molecule has 3 aromatic heterocycles. The van der Waals surface area contributed by atoms with E-state index < -0.39 is 5.76 Å². The van der Waals surface area contributed by atoms with Crippen LogP contribution in [0.15, 0.2) is 98.4 Å². The lowest BCUT2D eigenvalue weighted by Crippen LogP contribution is -2.32. The zero-order valence-corrected chi connectivity index (χ0v) is 25.7. The molecule has 6 aromatic rings. The number of rotatable bonds is 10. The van der Waals surface area contributed by atoms with Gasteiger partial charge in [0.25, 0.3) is 5.56 Å². The molecule has 0 aliphatic carbocycles. The molecule has 44 heavy (non-hydrogen) atoms. The summed E-state index contributed by atoms with van der Waals surface area (Å²) in [5, 5.41) is 6.84. The summed E-state index contributed by atoms with van der Waals surface area (Å²) in [4.78, 5) is 38.3.